The number of rotatable bonds is 3. The molecule has 1 aliphatic heterocycles. The Bertz CT molecular complexity index is 1110. The van der Waals surface area contributed by atoms with Crippen molar-refractivity contribution in [1.29, 1.82) is 0 Å². The van der Waals surface area contributed by atoms with Crippen LogP contribution in [0.1, 0.15) is 71.1 Å². The van der Waals surface area contributed by atoms with E-state index in [4.69, 9.17) is 0 Å². The molecule has 0 spiro atoms. The summed E-state index contributed by atoms with van der Waals surface area (Å²) < 4.78 is 0. The molecule has 0 saturated carbocycles. The number of likely N-dealkylation sites (N-methyl/N-ethyl adjacent to an activating group) is 1. The van der Waals surface area contributed by atoms with Crippen molar-refractivity contribution in [2.24, 2.45) is 11.8 Å². The lowest BCUT2D eigenvalue weighted by Crippen LogP contribution is -2.50. The van der Waals surface area contributed by atoms with Crippen LogP contribution >= 0.6 is 0 Å². The number of benzene rings is 1. The van der Waals surface area contributed by atoms with Crippen molar-refractivity contribution in [3.05, 3.63) is 41.6 Å². The van der Waals surface area contributed by atoms with Gasteiger partial charge in [-0.05, 0) is 52.8 Å². The van der Waals surface area contributed by atoms with Gasteiger partial charge in [-0.25, -0.2) is 0 Å². The zero-order valence-electron chi connectivity index (χ0n) is 20.6. The topological polar surface area (TPSA) is 65.2 Å². The van der Waals surface area contributed by atoms with Gasteiger partial charge in [-0.15, -0.1) is 6.58 Å². The number of nitrogens with one attached hydrogen (secondary N) is 2. The standard InChI is InChI=1S/C27H37N3O2/c1-9-26(6)10-11-27(7,16(4)5)18-13-19-21-17(14-28-23(21)22(18)26)12-20(31)29-25(32)24(15(2)3)30(19)8/h9,13-16,24,28H,1,10-12H2,2-8H3,(H,29,31,32)/t24-,26-,27+/m0/s1. The Kier molecular flexibility index (Phi) is 5.30. The fourth-order valence-electron chi connectivity index (χ4n) is 5.92. The molecule has 0 saturated heterocycles. The Morgan fingerprint density at radius 2 is 1.88 bits per heavy atom. The Hall–Kier alpha value is -2.56. The molecule has 1 aliphatic carbocycles. The highest BCUT2D eigenvalue weighted by Crippen LogP contribution is 2.54. The lowest BCUT2D eigenvalue weighted by Gasteiger charge is -2.47. The van der Waals surface area contributed by atoms with Crippen LogP contribution in [0.5, 0.6) is 0 Å². The average molecular weight is 436 g/mol. The van der Waals surface area contributed by atoms with E-state index in [9.17, 15) is 9.59 Å². The van der Waals surface area contributed by atoms with Crippen LogP contribution in [0.4, 0.5) is 5.69 Å². The molecule has 1 aromatic carbocycles. The second kappa shape index (κ2) is 7.50. The lowest BCUT2D eigenvalue weighted by molar-refractivity contribution is -0.131. The van der Waals surface area contributed by atoms with Gasteiger partial charge in [-0.3, -0.25) is 14.9 Å². The highest BCUT2D eigenvalue weighted by atomic mass is 16.2. The van der Waals surface area contributed by atoms with Gasteiger partial charge in [0.2, 0.25) is 11.8 Å². The monoisotopic (exact) mass is 435 g/mol. The largest absolute Gasteiger partial charge is 0.362 e. The third-order valence-corrected chi connectivity index (χ3v) is 8.40. The minimum Gasteiger partial charge on any atom is -0.362 e. The van der Waals surface area contributed by atoms with E-state index in [-0.39, 0.29) is 35.0 Å². The van der Waals surface area contributed by atoms with Crippen molar-refractivity contribution < 1.29 is 9.59 Å². The van der Waals surface area contributed by atoms with Gasteiger partial charge in [0.25, 0.3) is 0 Å². The molecule has 2 amide bonds. The number of aromatic amines is 1. The summed E-state index contributed by atoms with van der Waals surface area (Å²) in [5.74, 6) is 0.0329. The first kappa shape index (κ1) is 22.6. The van der Waals surface area contributed by atoms with Crippen molar-refractivity contribution in [3.8, 4) is 0 Å². The van der Waals surface area contributed by atoms with E-state index in [1.54, 1.807) is 0 Å². The summed E-state index contributed by atoms with van der Waals surface area (Å²) in [4.78, 5) is 31.4. The molecule has 4 rings (SSSR count). The molecule has 5 nitrogen and oxygen atoms in total. The minimum atomic E-state index is -0.430. The molecule has 0 bridgehead atoms. The number of carbonyl (C=O) groups is 2. The van der Waals surface area contributed by atoms with E-state index in [0.29, 0.717) is 5.92 Å². The molecule has 3 atom stereocenters. The van der Waals surface area contributed by atoms with Gasteiger partial charge in [0, 0.05) is 29.7 Å². The zero-order valence-corrected chi connectivity index (χ0v) is 20.6. The number of nitrogens with zero attached hydrogens (tertiary/aromatic N) is 1. The van der Waals surface area contributed by atoms with Crippen LogP contribution in [-0.2, 0) is 26.8 Å². The highest BCUT2D eigenvalue weighted by molar-refractivity contribution is 6.07. The molecule has 2 aliphatic rings. The molecule has 2 aromatic rings. The number of imide groups is 1. The number of aromatic nitrogens is 1. The Morgan fingerprint density at radius 1 is 1.19 bits per heavy atom. The fourth-order valence-corrected chi connectivity index (χ4v) is 5.92. The summed E-state index contributed by atoms with van der Waals surface area (Å²) in [5.41, 5.74) is 5.52. The maximum atomic E-state index is 13.1. The van der Waals surface area contributed by atoms with Gasteiger partial charge in [0.1, 0.15) is 6.04 Å². The first-order valence-corrected chi connectivity index (χ1v) is 11.8. The molecule has 0 unspecified atom stereocenters. The van der Waals surface area contributed by atoms with E-state index in [0.717, 1.165) is 35.0 Å². The summed E-state index contributed by atoms with van der Waals surface area (Å²) in [6, 6.07) is 1.88. The van der Waals surface area contributed by atoms with Gasteiger partial charge in [-0.1, -0.05) is 47.6 Å². The van der Waals surface area contributed by atoms with Crippen molar-refractivity contribution in [2.45, 2.75) is 77.7 Å². The summed E-state index contributed by atoms with van der Waals surface area (Å²) in [7, 11) is 1.99. The summed E-state index contributed by atoms with van der Waals surface area (Å²) in [6.07, 6.45) is 6.33. The predicted molar refractivity (Wildman–Crippen MR) is 131 cm³/mol. The number of allylic oxidation sites excluding steroid dienone is 1. The van der Waals surface area contributed by atoms with Gasteiger partial charge in [-0.2, -0.15) is 0 Å². The van der Waals surface area contributed by atoms with E-state index >= 15 is 0 Å². The first-order valence-electron chi connectivity index (χ1n) is 11.8. The van der Waals surface area contributed by atoms with Crippen LogP contribution in [0.3, 0.4) is 0 Å². The molecule has 172 valence electrons. The summed E-state index contributed by atoms with van der Waals surface area (Å²) in [5, 5.41) is 3.69. The lowest BCUT2D eigenvalue weighted by atomic mass is 9.57. The van der Waals surface area contributed by atoms with Crippen LogP contribution in [0.25, 0.3) is 10.9 Å². The number of hydrogen-bond donors (Lipinski definition) is 2. The van der Waals surface area contributed by atoms with Crippen LogP contribution in [0, 0.1) is 11.8 Å². The third-order valence-electron chi connectivity index (χ3n) is 8.40. The van der Waals surface area contributed by atoms with Crippen molar-refractivity contribution in [1.82, 2.24) is 10.3 Å². The van der Waals surface area contributed by atoms with E-state index in [2.05, 4.69) is 61.6 Å². The third kappa shape index (κ3) is 3.12. The molecular formula is C27H37N3O2. The summed E-state index contributed by atoms with van der Waals surface area (Å²) >= 11 is 0. The molecular weight excluding hydrogens is 398 g/mol. The Morgan fingerprint density at radius 3 is 2.47 bits per heavy atom. The van der Waals surface area contributed by atoms with E-state index < -0.39 is 6.04 Å². The molecule has 32 heavy (non-hydrogen) atoms. The molecule has 2 N–H and O–H groups in total. The molecule has 0 fully saturated rings. The average Bonchev–Trinajstić information content (AvgIpc) is 3.13. The predicted octanol–water partition coefficient (Wildman–Crippen LogP) is 4.98. The number of amides is 2. The maximum absolute atomic E-state index is 13.1. The first-order chi connectivity index (χ1) is 14.9. The van der Waals surface area contributed by atoms with Crippen molar-refractivity contribution in [2.75, 3.05) is 11.9 Å². The normalized spacial score (nSPS) is 28.4. The number of fused-ring (bicyclic) bond motifs is 2. The highest BCUT2D eigenvalue weighted by Gasteiger charge is 2.45. The summed E-state index contributed by atoms with van der Waals surface area (Å²) in [6.45, 7) is 17.5. The van der Waals surface area contributed by atoms with Crippen molar-refractivity contribution >= 4 is 28.4 Å². The van der Waals surface area contributed by atoms with Crippen LogP contribution in [0.2, 0.25) is 0 Å². The van der Waals surface area contributed by atoms with Crippen LogP contribution < -0.4 is 10.2 Å². The second-order valence-corrected chi connectivity index (χ2v) is 11.0. The van der Waals surface area contributed by atoms with E-state index in [1.807, 2.05) is 27.1 Å². The fraction of sp³-hybridized carbons (Fsp3) is 0.556. The quantitative estimate of drug-likeness (QED) is 0.528. The van der Waals surface area contributed by atoms with E-state index in [1.165, 1.54) is 11.1 Å². The van der Waals surface area contributed by atoms with Crippen molar-refractivity contribution in [3.63, 3.8) is 0 Å². The molecule has 2 heterocycles. The molecule has 1 aromatic heterocycles. The number of carbonyl (C=O) groups excluding carboxylic acids is 2. The van der Waals surface area contributed by atoms with Gasteiger partial charge < -0.3 is 9.88 Å². The smallest absolute Gasteiger partial charge is 0.249 e. The molecule has 5 heteroatoms. The Labute approximate surface area is 191 Å². The minimum absolute atomic E-state index is 0.0124. The SMILES string of the molecule is C=C[C@@]1(C)CC[C@](C)(C(C)C)c2cc3c4c(c[nH]c4c21)CC(=O)NC(=O)[C@H](C(C)C)N3C. The number of anilines is 1. The number of H-pyrrole nitrogens is 1. The number of hydrogen-bond acceptors (Lipinski definition) is 3. The van der Waals surface area contributed by atoms with Gasteiger partial charge >= 0.3 is 0 Å². The van der Waals surface area contributed by atoms with Gasteiger partial charge in [0.05, 0.1) is 11.9 Å². The zero-order chi connectivity index (χ0) is 23.6. The molecule has 0 radical (unpaired) electrons. The van der Waals surface area contributed by atoms with Crippen LogP contribution in [0.15, 0.2) is 24.9 Å². The maximum Gasteiger partial charge on any atom is 0.249 e. The van der Waals surface area contributed by atoms with Gasteiger partial charge in [0.15, 0.2) is 0 Å². The van der Waals surface area contributed by atoms with Crippen LogP contribution in [-0.4, -0.2) is 29.9 Å². The second-order valence-electron chi connectivity index (χ2n) is 11.0. The Balaban J connectivity index is 2.13.